The van der Waals surface area contributed by atoms with Gasteiger partial charge in [-0.15, -0.1) is 11.3 Å². The van der Waals surface area contributed by atoms with Crippen LogP contribution in [0.3, 0.4) is 0 Å². The van der Waals surface area contributed by atoms with Gasteiger partial charge in [-0.2, -0.15) is 0 Å². The number of hydrogen-bond acceptors (Lipinski definition) is 3. The van der Waals surface area contributed by atoms with Gasteiger partial charge in [-0.1, -0.05) is 19.3 Å². The van der Waals surface area contributed by atoms with Gasteiger partial charge in [0.05, 0.1) is 10.7 Å². The summed E-state index contributed by atoms with van der Waals surface area (Å²) in [6.45, 7) is 2.39. The monoisotopic (exact) mass is 239 g/mol. The van der Waals surface area contributed by atoms with E-state index < -0.39 is 0 Å². The van der Waals surface area contributed by atoms with E-state index in [9.17, 15) is 0 Å². The van der Waals surface area contributed by atoms with Crippen LogP contribution in [0.15, 0.2) is 0 Å². The minimum Gasteiger partial charge on any atom is -0.396 e. The standard InChI is InChI=1S/C13H21NOS/c1-10-12(8-5-9-15)16-13(14-10)11-6-3-2-4-7-11/h11,15H,2-9H2,1H3. The Labute approximate surface area is 102 Å². The van der Waals surface area contributed by atoms with Crippen LogP contribution < -0.4 is 0 Å². The molecule has 1 N–H and O–H groups in total. The average Bonchev–Trinajstić information content (AvgIpc) is 2.69. The molecule has 2 rings (SSSR count). The number of aliphatic hydroxyl groups is 1. The smallest absolute Gasteiger partial charge is 0.0961 e. The molecule has 1 fully saturated rings. The minimum absolute atomic E-state index is 0.288. The van der Waals surface area contributed by atoms with Crippen molar-refractivity contribution in [1.82, 2.24) is 4.98 Å². The SMILES string of the molecule is Cc1nc(C2CCCCC2)sc1CCCO. The van der Waals surface area contributed by atoms with Gasteiger partial charge in [0.2, 0.25) is 0 Å². The molecule has 1 aliphatic rings. The van der Waals surface area contributed by atoms with Gasteiger partial charge in [0.15, 0.2) is 0 Å². The van der Waals surface area contributed by atoms with Gasteiger partial charge in [0, 0.05) is 17.4 Å². The summed E-state index contributed by atoms with van der Waals surface area (Å²) in [6, 6.07) is 0. The first-order valence-electron chi connectivity index (χ1n) is 6.38. The Morgan fingerprint density at radius 1 is 1.31 bits per heavy atom. The van der Waals surface area contributed by atoms with Gasteiger partial charge in [-0.3, -0.25) is 0 Å². The Balaban J connectivity index is 2.03. The Morgan fingerprint density at radius 2 is 2.06 bits per heavy atom. The predicted molar refractivity (Wildman–Crippen MR) is 68.1 cm³/mol. The maximum atomic E-state index is 8.86. The van der Waals surface area contributed by atoms with Crippen molar-refractivity contribution in [2.45, 2.75) is 57.8 Å². The van der Waals surface area contributed by atoms with E-state index in [1.165, 1.54) is 47.7 Å². The molecule has 0 unspecified atom stereocenters. The highest BCUT2D eigenvalue weighted by molar-refractivity contribution is 7.11. The van der Waals surface area contributed by atoms with Crippen molar-refractivity contribution in [3.05, 3.63) is 15.6 Å². The van der Waals surface area contributed by atoms with Gasteiger partial charge < -0.3 is 5.11 Å². The summed E-state index contributed by atoms with van der Waals surface area (Å²) >= 11 is 1.88. The largest absolute Gasteiger partial charge is 0.396 e. The van der Waals surface area contributed by atoms with E-state index in [1.54, 1.807) is 0 Å². The minimum atomic E-state index is 0.288. The van der Waals surface area contributed by atoms with E-state index in [1.807, 2.05) is 11.3 Å². The Kier molecular flexibility index (Phi) is 4.36. The highest BCUT2D eigenvalue weighted by Crippen LogP contribution is 2.36. The first kappa shape index (κ1) is 12.1. The van der Waals surface area contributed by atoms with E-state index in [4.69, 9.17) is 10.1 Å². The Morgan fingerprint density at radius 3 is 2.75 bits per heavy atom. The lowest BCUT2D eigenvalue weighted by Gasteiger charge is -2.18. The molecule has 0 radical (unpaired) electrons. The second-order valence-corrected chi connectivity index (χ2v) is 5.84. The molecule has 3 heteroatoms. The summed E-state index contributed by atoms with van der Waals surface area (Å²) in [5, 5.41) is 10.2. The molecule has 1 aliphatic carbocycles. The molecular formula is C13H21NOS. The van der Waals surface area contributed by atoms with Crippen molar-refractivity contribution in [3.63, 3.8) is 0 Å². The Bertz CT molecular complexity index is 329. The molecule has 1 aromatic heterocycles. The van der Waals surface area contributed by atoms with Crippen molar-refractivity contribution < 1.29 is 5.11 Å². The van der Waals surface area contributed by atoms with Crippen LogP contribution in [-0.2, 0) is 6.42 Å². The lowest BCUT2D eigenvalue weighted by atomic mass is 9.90. The second kappa shape index (κ2) is 5.78. The van der Waals surface area contributed by atoms with Crippen molar-refractivity contribution in [3.8, 4) is 0 Å². The van der Waals surface area contributed by atoms with Crippen molar-refractivity contribution in [2.75, 3.05) is 6.61 Å². The predicted octanol–water partition coefficient (Wildman–Crippen LogP) is 3.42. The molecule has 0 saturated heterocycles. The van der Waals surface area contributed by atoms with Gasteiger partial charge in [0.25, 0.3) is 0 Å². The fourth-order valence-corrected chi connectivity index (χ4v) is 3.72. The maximum absolute atomic E-state index is 8.86. The quantitative estimate of drug-likeness (QED) is 0.873. The van der Waals surface area contributed by atoms with Crippen LogP contribution in [0.25, 0.3) is 0 Å². The van der Waals surface area contributed by atoms with Crippen LogP contribution in [0.2, 0.25) is 0 Å². The fourth-order valence-electron chi connectivity index (χ4n) is 2.45. The zero-order chi connectivity index (χ0) is 11.4. The van der Waals surface area contributed by atoms with E-state index in [2.05, 4.69) is 6.92 Å². The molecule has 0 aliphatic heterocycles. The molecule has 0 bridgehead atoms. The van der Waals surface area contributed by atoms with Crippen LogP contribution >= 0.6 is 11.3 Å². The van der Waals surface area contributed by atoms with Crippen molar-refractivity contribution >= 4 is 11.3 Å². The first-order valence-corrected chi connectivity index (χ1v) is 7.20. The van der Waals surface area contributed by atoms with Gasteiger partial charge in [-0.25, -0.2) is 4.98 Å². The molecule has 0 aromatic carbocycles. The summed E-state index contributed by atoms with van der Waals surface area (Å²) in [6.07, 6.45) is 8.65. The Hall–Kier alpha value is -0.410. The number of nitrogens with zero attached hydrogens (tertiary/aromatic N) is 1. The lowest BCUT2D eigenvalue weighted by Crippen LogP contribution is -2.03. The molecule has 1 saturated carbocycles. The third-order valence-corrected chi connectivity index (χ3v) is 4.81. The van der Waals surface area contributed by atoms with E-state index in [0.717, 1.165) is 18.8 Å². The van der Waals surface area contributed by atoms with Crippen LogP contribution in [0, 0.1) is 6.92 Å². The van der Waals surface area contributed by atoms with Crippen LogP contribution in [-0.4, -0.2) is 16.7 Å². The number of aliphatic hydroxyl groups excluding tert-OH is 1. The number of hydrogen-bond donors (Lipinski definition) is 1. The highest BCUT2D eigenvalue weighted by Gasteiger charge is 2.19. The summed E-state index contributed by atoms with van der Waals surface area (Å²) < 4.78 is 0. The molecule has 16 heavy (non-hydrogen) atoms. The number of thiazole rings is 1. The lowest BCUT2D eigenvalue weighted by molar-refractivity contribution is 0.289. The molecule has 0 spiro atoms. The zero-order valence-corrected chi connectivity index (χ0v) is 10.9. The normalized spacial score (nSPS) is 17.9. The summed E-state index contributed by atoms with van der Waals surface area (Å²) in [7, 11) is 0. The number of aryl methyl sites for hydroxylation is 2. The number of aromatic nitrogens is 1. The van der Waals surface area contributed by atoms with Crippen molar-refractivity contribution in [1.29, 1.82) is 0 Å². The molecule has 0 atom stereocenters. The third kappa shape index (κ3) is 2.83. The van der Waals surface area contributed by atoms with Crippen LogP contribution in [0.5, 0.6) is 0 Å². The van der Waals surface area contributed by atoms with Crippen molar-refractivity contribution in [2.24, 2.45) is 0 Å². The van der Waals surface area contributed by atoms with Gasteiger partial charge >= 0.3 is 0 Å². The average molecular weight is 239 g/mol. The van der Waals surface area contributed by atoms with E-state index in [0.29, 0.717) is 0 Å². The van der Waals surface area contributed by atoms with Crippen LogP contribution in [0.4, 0.5) is 0 Å². The topological polar surface area (TPSA) is 33.1 Å². The molecule has 90 valence electrons. The zero-order valence-electron chi connectivity index (χ0n) is 10.0. The van der Waals surface area contributed by atoms with Gasteiger partial charge in [-0.05, 0) is 32.6 Å². The molecule has 1 aromatic rings. The number of rotatable bonds is 4. The van der Waals surface area contributed by atoms with E-state index >= 15 is 0 Å². The highest BCUT2D eigenvalue weighted by atomic mass is 32.1. The molecule has 2 nitrogen and oxygen atoms in total. The summed E-state index contributed by atoms with van der Waals surface area (Å²) in [4.78, 5) is 6.11. The second-order valence-electron chi connectivity index (χ2n) is 4.72. The summed E-state index contributed by atoms with van der Waals surface area (Å²) in [5.41, 5.74) is 1.19. The van der Waals surface area contributed by atoms with Crippen LogP contribution in [0.1, 0.15) is 60.0 Å². The maximum Gasteiger partial charge on any atom is 0.0961 e. The first-order chi connectivity index (χ1) is 7.81. The molecular weight excluding hydrogens is 218 g/mol. The molecule has 1 heterocycles. The third-order valence-electron chi connectivity index (χ3n) is 3.43. The van der Waals surface area contributed by atoms with E-state index in [-0.39, 0.29) is 6.61 Å². The summed E-state index contributed by atoms with van der Waals surface area (Å²) in [5.74, 6) is 0.723. The molecule has 0 amide bonds. The fraction of sp³-hybridized carbons (Fsp3) is 0.769. The van der Waals surface area contributed by atoms with Gasteiger partial charge in [0.1, 0.15) is 0 Å².